The van der Waals surface area contributed by atoms with Gasteiger partial charge in [-0.1, -0.05) is 11.6 Å². The van der Waals surface area contributed by atoms with Crippen molar-refractivity contribution in [3.8, 4) is 0 Å². The van der Waals surface area contributed by atoms with Gasteiger partial charge in [0.15, 0.2) is 0 Å². The molecule has 1 aromatic heterocycles. The number of carbonyl (C=O) groups is 1. The smallest absolute Gasteiger partial charge is 0.319 e. The fourth-order valence-corrected chi connectivity index (χ4v) is 1.52. The van der Waals surface area contributed by atoms with Gasteiger partial charge in [0, 0.05) is 6.04 Å². The van der Waals surface area contributed by atoms with E-state index in [-0.39, 0.29) is 6.03 Å². The summed E-state index contributed by atoms with van der Waals surface area (Å²) in [5.74, 6) is 0. The van der Waals surface area contributed by atoms with Crippen LogP contribution in [0.1, 0.15) is 12.8 Å². The van der Waals surface area contributed by atoms with Crippen molar-refractivity contribution in [2.45, 2.75) is 18.9 Å². The summed E-state index contributed by atoms with van der Waals surface area (Å²) in [4.78, 5) is 15.3. The average Bonchev–Trinajstić information content (AvgIpc) is 2.95. The van der Waals surface area contributed by atoms with Gasteiger partial charge in [0.25, 0.3) is 0 Å². The maximum absolute atomic E-state index is 11.4. The van der Waals surface area contributed by atoms with E-state index >= 15 is 0 Å². The van der Waals surface area contributed by atoms with Crippen LogP contribution in [0.15, 0.2) is 16.7 Å². The van der Waals surface area contributed by atoms with Crippen molar-refractivity contribution in [1.82, 2.24) is 10.3 Å². The van der Waals surface area contributed by atoms with Crippen LogP contribution in [0.4, 0.5) is 10.5 Å². The lowest BCUT2D eigenvalue weighted by Crippen LogP contribution is -2.30. The molecule has 0 radical (unpaired) electrons. The van der Waals surface area contributed by atoms with Gasteiger partial charge in [-0.25, -0.2) is 9.78 Å². The normalized spacial score (nSPS) is 14.8. The Hall–Kier alpha value is -0.810. The third kappa shape index (κ3) is 3.07. The molecule has 1 saturated carbocycles. The van der Waals surface area contributed by atoms with Gasteiger partial charge in [-0.3, -0.25) is 0 Å². The molecule has 1 fully saturated rings. The highest BCUT2D eigenvalue weighted by molar-refractivity contribution is 9.10. The summed E-state index contributed by atoms with van der Waals surface area (Å²) >= 11 is 8.96. The lowest BCUT2D eigenvalue weighted by Gasteiger charge is -2.06. The Bertz CT molecular complexity index is 395. The summed E-state index contributed by atoms with van der Waals surface area (Å²) in [6, 6.07) is 1.85. The Kier molecular flexibility index (Phi) is 3.11. The molecule has 80 valence electrons. The number of nitrogens with one attached hydrogen (secondary N) is 2. The molecule has 1 aromatic rings. The van der Waals surface area contributed by atoms with Crippen molar-refractivity contribution < 1.29 is 4.79 Å². The molecular formula is C9H9BrClN3O. The third-order valence-corrected chi connectivity index (χ3v) is 3.10. The quantitative estimate of drug-likeness (QED) is 0.823. The number of halogens is 2. The molecule has 0 aromatic carbocycles. The predicted molar refractivity (Wildman–Crippen MR) is 62.1 cm³/mol. The van der Waals surface area contributed by atoms with Crippen molar-refractivity contribution in [1.29, 1.82) is 0 Å². The zero-order valence-electron chi connectivity index (χ0n) is 7.76. The minimum atomic E-state index is -0.200. The Morgan fingerprint density at radius 2 is 2.33 bits per heavy atom. The molecule has 1 aliphatic rings. The number of pyridine rings is 1. The van der Waals surface area contributed by atoms with Crippen LogP contribution in [-0.4, -0.2) is 17.1 Å². The maximum atomic E-state index is 11.4. The van der Waals surface area contributed by atoms with Crippen LogP contribution in [0.5, 0.6) is 0 Å². The van der Waals surface area contributed by atoms with Crippen LogP contribution in [0.2, 0.25) is 5.15 Å². The van der Waals surface area contributed by atoms with E-state index in [4.69, 9.17) is 11.6 Å². The molecule has 15 heavy (non-hydrogen) atoms. The number of urea groups is 1. The fraction of sp³-hybridized carbons (Fsp3) is 0.333. The van der Waals surface area contributed by atoms with E-state index in [1.807, 2.05) is 0 Å². The molecule has 6 heteroatoms. The number of nitrogens with zero attached hydrogens (tertiary/aromatic N) is 1. The van der Waals surface area contributed by atoms with Gasteiger partial charge in [0.05, 0.1) is 16.4 Å². The fourth-order valence-electron chi connectivity index (χ4n) is 1.07. The number of carbonyl (C=O) groups excluding carboxylic acids is 1. The summed E-state index contributed by atoms with van der Waals surface area (Å²) in [6.45, 7) is 0. The molecular weight excluding hydrogens is 281 g/mol. The van der Waals surface area contributed by atoms with Crippen LogP contribution >= 0.6 is 27.5 Å². The van der Waals surface area contributed by atoms with Gasteiger partial charge in [-0.05, 0) is 34.8 Å². The molecule has 2 N–H and O–H groups in total. The second kappa shape index (κ2) is 4.37. The summed E-state index contributed by atoms with van der Waals surface area (Å²) in [6.07, 6.45) is 3.64. The summed E-state index contributed by atoms with van der Waals surface area (Å²) in [7, 11) is 0. The first-order valence-corrected chi connectivity index (χ1v) is 5.71. The first-order chi connectivity index (χ1) is 7.15. The Morgan fingerprint density at radius 3 is 2.93 bits per heavy atom. The molecule has 4 nitrogen and oxygen atoms in total. The molecule has 1 heterocycles. The van der Waals surface area contributed by atoms with E-state index in [2.05, 4.69) is 31.5 Å². The number of amides is 2. The highest BCUT2D eigenvalue weighted by Gasteiger charge is 2.23. The molecule has 0 aliphatic heterocycles. The number of hydrogen-bond acceptors (Lipinski definition) is 2. The monoisotopic (exact) mass is 289 g/mol. The molecule has 0 spiro atoms. The number of rotatable bonds is 2. The van der Waals surface area contributed by atoms with Crippen LogP contribution < -0.4 is 10.6 Å². The van der Waals surface area contributed by atoms with Gasteiger partial charge in [0.2, 0.25) is 0 Å². The average molecular weight is 291 g/mol. The number of anilines is 1. The van der Waals surface area contributed by atoms with Gasteiger partial charge in [-0.2, -0.15) is 0 Å². The highest BCUT2D eigenvalue weighted by Crippen LogP contribution is 2.23. The maximum Gasteiger partial charge on any atom is 0.319 e. The van der Waals surface area contributed by atoms with E-state index in [9.17, 15) is 4.79 Å². The molecule has 0 bridgehead atoms. The van der Waals surface area contributed by atoms with Gasteiger partial charge < -0.3 is 10.6 Å². The first-order valence-electron chi connectivity index (χ1n) is 4.54. The summed E-state index contributed by atoms with van der Waals surface area (Å²) in [5.41, 5.74) is 0.615. The van der Waals surface area contributed by atoms with E-state index in [1.165, 1.54) is 6.20 Å². The van der Waals surface area contributed by atoms with Crippen LogP contribution in [0.25, 0.3) is 0 Å². The highest BCUT2D eigenvalue weighted by atomic mass is 79.9. The molecule has 0 saturated heterocycles. The molecule has 1 aliphatic carbocycles. The van der Waals surface area contributed by atoms with Crippen LogP contribution in [0.3, 0.4) is 0 Å². The molecule has 0 unspecified atom stereocenters. The van der Waals surface area contributed by atoms with Gasteiger partial charge >= 0.3 is 6.03 Å². The SMILES string of the molecule is O=C(Nc1cnc(Cl)c(Br)c1)NC1CC1. The predicted octanol–water partition coefficient (Wildman–Crippen LogP) is 2.78. The van der Waals surface area contributed by atoms with Crippen LogP contribution in [-0.2, 0) is 0 Å². The van der Waals surface area contributed by atoms with E-state index < -0.39 is 0 Å². The Morgan fingerprint density at radius 1 is 1.60 bits per heavy atom. The van der Waals surface area contributed by atoms with Gasteiger partial charge in [0.1, 0.15) is 5.15 Å². The minimum Gasteiger partial charge on any atom is -0.335 e. The lowest BCUT2D eigenvalue weighted by molar-refractivity contribution is 0.251. The van der Waals surface area contributed by atoms with Crippen molar-refractivity contribution in [3.63, 3.8) is 0 Å². The second-order valence-electron chi connectivity index (χ2n) is 3.37. The van der Waals surface area contributed by atoms with E-state index in [0.717, 1.165) is 12.8 Å². The largest absolute Gasteiger partial charge is 0.335 e. The molecule has 2 rings (SSSR count). The summed E-state index contributed by atoms with van der Waals surface area (Å²) < 4.78 is 0.661. The van der Waals surface area contributed by atoms with E-state index in [1.54, 1.807) is 6.07 Å². The van der Waals surface area contributed by atoms with Gasteiger partial charge in [-0.15, -0.1) is 0 Å². The third-order valence-electron chi connectivity index (χ3n) is 1.97. The minimum absolute atomic E-state index is 0.200. The van der Waals surface area contributed by atoms with E-state index in [0.29, 0.717) is 21.4 Å². The summed E-state index contributed by atoms with van der Waals surface area (Å²) in [5, 5.41) is 5.87. The van der Waals surface area contributed by atoms with Crippen molar-refractivity contribution in [2.24, 2.45) is 0 Å². The van der Waals surface area contributed by atoms with Crippen molar-refractivity contribution in [2.75, 3.05) is 5.32 Å². The first kappa shape index (κ1) is 10.7. The Balaban J connectivity index is 1.97. The van der Waals surface area contributed by atoms with Crippen molar-refractivity contribution in [3.05, 3.63) is 21.9 Å². The molecule has 2 amide bonds. The number of hydrogen-bond donors (Lipinski definition) is 2. The number of aromatic nitrogens is 1. The van der Waals surface area contributed by atoms with Crippen LogP contribution in [0, 0.1) is 0 Å². The molecule has 0 atom stereocenters. The topological polar surface area (TPSA) is 54.0 Å². The van der Waals surface area contributed by atoms with Crippen molar-refractivity contribution >= 4 is 39.2 Å². The second-order valence-corrected chi connectivity index (χ2v) is 4.58. The Labute approximate surface area is 101 Å². The lowest BCUT2D eigenvalue weighted by atomic mass is 10.4. The zero-order valence-corrected chi connectivity index (χ0v) is 10.1. The zero-order chi connectivity index (χ0) is 10.8. The standard InChI is InChI=1S/C9H9BrClN3O/c10-7-3-6(4-12-8(7)11)14-9(15)13-5-1-2-5/h3-5H,1-2H2,(H2,13,14,15).